The summed E-state index contributed by atoms with van der Waals surface area (Å²) in [5.74, 6) is 0. The highest BCUT2D eigenvalue weighted by Gasteiger charge is 2.14. The van der Waals surface area contributed by atoms with Crippen LogP contribution < -0.4 is 5.56 Å². The van der Waals surface area contributed by atoms with Gasteiger partial charge >= 0.3 is 0 Å². The van der Waals surface area contributed by atoms with E-state index in [-0.39, 0.29) is 5.56 Å². The first kappa shape index (κ1) is 17.9. The van der Waals surface area contributed by atoms with Gasteiger partial charge in [0.1, 0.15) is 0 Å². The van der Waals surface area contributed by atoms with E-state index in [9.17, 15) is 10.1 Å². The largest absolute Gasteiger partial charge is 0.283 e. The van der Waals surface area contributed by atoms with E-state index in [2.05, 4.69) is 17.1 Å². The first-order valence-electron chi connectivity index (χ1n) is 8.89. The second-order valence-electron chi connectivity index (χ2n) is 6.35. The topological polar surface area (TPSA) is 82.5 Å². The lowest BCUT2D eigenvalue weighted by atomic mass is 9.99. The van der Waals surface area contributed by atoms with Crippen LogP contribution in [0.3, 0.4) is 0 Å². The molecule has 0 saturated heterocycles. The van der Waals surface area contributed by atoms with Gasteiger partial charge in [0.15, 0.2) is 0 Å². The SMILES string of the molecule is N#Cc1ccc(-n2cc(-c3ccccn3)cc(-c3ccccc3C#N)c2=O)cc1. The van der Waals surface area contributed by atoms with Gasteiger partial charge in [-0.15, -0.1) is 0 Å². The van der Waals surface area contributed by atoms with E-state index in [1.165, 1.54) is 4.57 Å². The molecule has 0 aliphatic carbocycles. The Morgan fingerprint density at radius 3 is 2.28 bits per heavy atom. The molecule has 0 atom stereocenters. The van der Waals surface area contributed by atoms with Gasteiger partial charge < -0.3 is 0 Å². The maximum atomic E-state index is 13.3. The first-order valence-corrected chi connectivity index (χ1v) is 8.89. The van der Waals surface area contributed by atoms with Crippen molar-refractivity contribution < 1.29 is 0 Å². The van der Waals surface area contributed by atoms with Crippen molar-refractivity contribution in [3.05, 3.63) is 107 Å². The lowest BCUT2D eigenvalue weighted by Gasteiger charge is -2.13. The summed E-state index contributed by atoms with van der Waals surface area (Å²) in [4.78, 5) is 17.7. The van der Waals surface area contributed by atoms with Gasteiger partial charge in [0.25, 0.3) is 5.56 Å². The zero-order valence-corrected chi connectivity index (χ0v) is 15.3. The van der Waals surface area contributed by atoms with Crippen molar-refractivity contribution in [3.8, 4) is 40.2 Å². The molecule has 0 amide bonds. The number of aromatic nitrogens is 2. The number of pyridine rings is 2. The second kappa shape index (κ2) is 7.64. The molecule has 2 aromatic carbocycles. The van der Waals surface area contributed by atoms with Crippen LogP contribution in [0.1, 0.15) is 11.1 Å². The molecule has 0 bridgehead atoms. The van der Waals surface area contributed by atoms with Crippen LogP contribution in [-0.4, -0.2) is 9.55 Å². The Hall–Kier alpha value is -4.48. The molecule has 0 unspecified atom stereocenters. The van der Waals surface area contributed by atoms with Crippen molar-refractivity contribution in [3.63, 3.8) is 0 Å². The van der Waals surface area contributed by atoms with Gasteiger partial charge in [-0.05, 0) is 48.5 Å². The Bertz CT molecular complexity index is 1320. The van der Waals surface area contributed by atoms with Crippen molar-refractivity contribution in [2.45, 2.75) is 0 Å². The highest BCUT2D eigenvalue weighted by Crippen LogP contribution is 2.26. The van der Waals surface area contributed by atoms with Crippen LogP contribution in [0.2, 0.25) is 0 Å². The lowest BCUT2D eigenvalue weighted by molar-refractivity contribution is 0.993. The van der Waals surface area contributed by atoms with E-state index in [0.717, 1.165) is 5.56 Å². The van der Waals surface area contributed by atoms with E-state index in [1.807, 2.05) is 18.2 Å². The standard InChI is InChI=1S/C24H14N4O/c25-14-17-8-10-20(11-9-17)28-16-19(23-7-3-4-12-27-23)13-22(24(28)29)21-6-2-1-5-18(21)15-26/h1-13,16H. The summed E-state index contributed by atoms with van der Waals surface area (Å²) < 4.78 is 1.52. The normalized spacial score (nSPS) is 10.1. The van der Waals surface area contributed by atoms with Gasteiger partial charge in [0.05, 0.1) is 29.0 Å². The van der Waals surface area contributed by atoms with E-state index >= 15 is 0 Å². The monoisotopic (exact) mass is 374 g/mol. The molecule has 29 heavy (non-hydrogen) atoms. The number of benzene rings is 2. The molecule has 0 spiro atoms. The van der Waals surface area contributed by atoms with Crippen molar-refractivity contribution in [2.24, 2.45) is 0 Å². The quantitative estimate of drug-likeness (QED) is 0.535. The molecule has 4 rings (SSSR count). The van der Waals surface area contributed by atoms with E-state index < -0.39 is 0 Å². The van der Waals surface area contributed by atoms with Crippen molar-refractivity contribution in [1.82, 2.24) is 9.55 Å². The number of rotatable bonds is 3. The van der Waals surface area contributed by atoms with Gasteiger partial charge in [-0.3, -0.25) is 14.3 Å². The average Bonchev–Trinajstić information content (AvgIpc) is 2.80. The predicted molar refractivity (Wildman–Crippen MR) is 110 cm³/mol. The van der Waals surface area contributed by atoms with Gasteiger partial charge in [-0.2, -0.15) is 10.5 Å². The molecule has 0 radical (unpaired) electrons. The van der Waals surface area contributed by atoms with Gasteiger partial charge in [0, 0.05) is 34.8 Å². The summed E-state index contributed by atoms with van der Waals surface area (Å²) in [5.41, 5.74) is 3.75. The minimum Gasteiger partial charge on any atom is -0.283 e. The predicted octanol–water partition coefficient (Wildman–Crippen LogP) is 4.31. The Labute approximate surface area is 167 Å². The van der Waals surface area contributed by atoms with Gasteiger partial charge in [-0.25, -0.2) is 0 Å². The molecule has 0 saturated carbocycles. The Kier molecular flexibility index (Phi) is 4.72. The number of hydrogen-bond acceptors (Lipinski definition) is 4. The van der Waals surface area contributed by atoms with Crippen LogP contribution in [0, 0.1) is 22.7 Å². The van der Waals surface area contributed by atoms with Crippen LogP contribution in [0.4, 0.5) is 0 Å². The summed E-state index contributed by atoms with van der Waals surface area (Å²) in [6.07, 6.45) is 3.42. The Balaban J connectivity index is 2.02. The summed E-state index contributed by atoms with van der Waals surface area (Å²) in [7, 11) is 0. The van der Waals surface area contributed by atoms with Crippen molar-refractivity contribution >= 4 is 0 Å². The molecule has 2 aromatic heterocycles. The van der Waals surface area contributed by atoms with Crippen LogP contribution in [0.5, 0.6) is 0 Å². The van der Waals surface area contributed by atoms with E-state index in [4.69, 9.17) is 5.26 Å². The maximum absolute atomic E-state index is 13.3. The molecular weight excluding hydrogens is 360 g/mol. The summed E-state index contributed by atoms with van der Waals surface area (Å²) in [6, 6.07) is 25.4. The zero-order valence-electron chi connectivity index (χ0n) is 15.3. The van der Waals surface area contributed by atoms with Crippen LogP contribution in [0.25, 0.3) is 28.1 Å². The average molecular weight is 374 g/mol. The summed E-state index contributed by atoms with van der Waals surface area (Å²) in [5, 5.41) is 18.5. The molecule has 2 heterocycles. The number of nitriles is 2. The van der Waals surface area contributed by atoms with Crippen LogP contribution in [-0.2, 0) is 0 Å². The van der Waals surface area contributed by atoms with E-state index in [0.29, 0.717) is 33.6 Å². The fourth-order valence-electron chi connectivity index (χ4n) is 3.15. The van der Waals surface area contributed by atoms with Crippen LogP contribution in [0.15, 0.2) is 90.0 Å². The fraction of sp³-hybridized carbons (Fsp3) is 0. The molecule has 0 fully saturated rings. The maximum Gasteiger partial charge on any atom is 0.263 e. The third kappa shape index (κ3) is 3.41. The lowest BCUT2D eigenvalue weighted by Crippen LogP contribution is -2.20. The molecule has 0 aliphatic heterocycles. The minimum atomic E-state index is -0.253. The third-order valence-corrected chi connectivity index (χ3v) is 4.59. The molecule has 0 aliphatic rings. The van der Waals surface area contributed by atoms with E-state index in [1.54, 1.807) is 67.0 Å². The highest BCUT2D eigenvalue weighted by atomic mass is 16.1. The summed E-state index contributed by atoms with van der Waals surface area (Å²) >= 11 is 0. The van der Waals surface area contributed by atoms with Crippen molar-refractivity contribution in [1.29, 1.82) is 10.5 Å². The van der Waals surface area contributed by atoms with Crippen LogP contribution >= 0.6 is 0 Å². The fourth-order valence-corrected chi connectivity index (χ4v) is 3.15. The Morgan fingerprint density at radius 1 is 0.828 bits per heavy atom. The zero-order chi connectivity index (χ0) is 20.2. The van der Waals surface area contributed by atoms with Gasteiger partial charge in [-0.1, -0.05) is 24.3 Å². The summed E-state index contributed by atoms with van der Waals surface area (Å²) in [6.45, 7) is 0. The smallest absolute Gasteiger partial charge is 0.263 e. The number of nitrogens with zero attached hydrogens (tertiary/aromatic N) is 4. The molecule has 5 nitrogen and oxygen atoms in total. The highest BCUT2D eigenvalue weighted by molar-refractivity contribution is 5.74. The third-order valence-electron chi connectivity index (χ3n) is 4.59. The second-order valence-corrected chi connectivity index (χ2v) is 6.35. The first-order chi connectivity index (χ1) is 14.2. The van der Waals surface area contributed by atoms with Gasteiger partial charge in [0.2, 0.25) is 0 Å². The Morgan fingerprint density at radius 2 is 1.59 bits per heavy atom. The number of hydrogen-bond donors (Lipinski definition) is 0. The molecule has 0 N–H and O–H groups in total. The molecule has 5 heteroatoms. The minimum absolute atomic E-state index is 0.253. The molecule has 4 aromatic rings. The molecule has 136 valence electrons. The molecular formula is C24H14N4O. The van der Waals surface area contributed by atoms with Crippen molar-refractivity contribution in [2.75, 3.05) is 0 Å².